The number of carbonyl (C=O) groups is 4. The highest BCUT2D eigenvalue weighted by molar-refractivity contribution is 9.11. The predicted octanol–water partition coefficient (Wildman–Crippen LogP) is -3.45. The maximum atomic E-state index is 14.7. The van der Waals surface area contributed by atoms with E-state index in [0.717, 1.165) is 0 Å². The summed E-state index contributed by atoms with van der Waals surface area (Å²) in [5.41, 5.74) is 5.30. The number of anilines is 3. The molecule has 372 valence electrons. The zero-order valence-corrected chi connectivity index (χ0v) is 40.3. The van der Waals surface area contributed by atoms with Gasteiger partial charge in [0.2, 0.25) is 0 Å². The fourth-order valence-corrected chi connectivity index (χ4v) is 9.19. The number of nitrogen functional groups attached to an aromatic ring is 1. The van der Waals surface area contributed by atoms with Crippen molar-refractivity contribution in [1.82, 2.24) is 9.80 Å². The molecule has 3 rings (SSSR count). The summed E-state index contributed by atoms with van der Waals surface area (Å²) in [6.07, 6.45) is -20.3. The van der Waals surface area contributed by atoms with Gasteiger partial charge >= 0.3 is 0 Å². The van der Waals surface area contributed by atoms with Crippen LogP contribution in [0.25, 0.3) is 0 Å². The first-order chi connectivity index (χ1) is 31.4. The number of halogens is 3. The summed E-state index contributed by atoms with van der Waals surface area (Å²) in [6, 6.07) is 11.7. The predicted molar refractivity (Wildman–Crippen MR) is 248 cm³/mol. The molecule has 0 aliphatic heterocycles. The summed E-state index contributed by atoms with van der Waals surface area (Å²) in [5.74, 6) is -3.73. The van der Waals surface area contributed by atoms with E-state index in [1.807, 2.05) is 0 Å². The Hall–Kier alpha value is -3.78. The molecule has 3 aromatic carbocycles. The summed E-state index contributed by atoms with van der Waals surface area (Å²) < 4.78 is -1.06. The van der Waals surface area contributed by atoms with Gasteiger partial charge in [0.25, 0.3) is 23.6 Å². The molecule has 0 bridgehead atoms. The van der Waals surface area contributed by atoms with Crippen molar-refractivity contribution >= 4 is 88.5 Å². The lowest BCUT2D eigenvalue weighted by atomic mass is 10.0. The van der Waals surface area contributed by atoms with E-state index in [-0.39, 0.29) is 20.2 Å². The standard InChI is InChI=1S/C41H54Br3N5O18/c1-47(39(65)19-2-6-20(45)7-3-19)21-8-4-18(5-9-21)38(64)46-33-31(43)28(40(66)48(10-22(54)14-50)12-24(56)34(60)36(62)26(58)16-52)30(42)29(32(33)44)41(67)49(11-23(55)15-51)13-25(57)35(61)37(63)27(59)17-53/h2-9,22-27,34-37,50-63H,10-17,45H2,1H3,(H,46,64). The quantitative estimate of drug-likeness (QED) is 0.0388. The summed E-state index contributed by atoms with van der Waals surface area (Å²) in [6.45, 7) is -7.53. The van der Waals surface area contributed by atoms with Crippen LogP contribution in [0.5, 0.6) is 0 Å². The van der Waals surface area contributed by atoms with E-state index in [4.69, 9.17) is 5.73 Å². The molecule has 0 fully saturated rings. The summed E-state index contributed by atoms with van der Waals surface area (Å²) in [5, 5.41) is 145. The van der Waals surface area contributed by atoms with Crippen molar-refractivity contribution in [2.45, 2.75) is 61.0 Å². The van der Waals surface area contributed by atoms with E-state index < -0.39 is 153 Å². The molecule has 0 saturated heterocycles. The number of nitrogens with one attached hydrogen (secondary N) is 1. The van der Waals surface area contributed by atoms with Gasteiger partial charge in [0.1, 0.15) is 48.8 Å². The van der Waals surface area contributed by atoms with E-state index in [0.29, 0.717) is 26.7 Å². The van der Waals surface area contributed by atoms with E-state index in [1.165, 1.54) is 48.3 Å². The van der Waals surface area contributed by atoms with Crippen LogP contribution in [0.15, 0.2) is 61.9 Å². The zero-order chi connectivity index (χ0) is 50.6. The molecule has 23 nitrogen and oxygen atoms in total. The lowest BCUT2D eigenvalue weighted by molar-refractivity contribution is -0.118. The van der Waals surface area contributed by atoms with E-state index in [1.54, 1.807) is 12.1 Å². The molecule has 4 amide bonds. The van der Waals surface area contributed by atoms with Crippen molar-refractivity contribution in [3.63, 3.8) is 0 Å². The van der Waals surface area contributed by atoms with Crippen LogP contribution in [-0.4, -0.2) is 226 Å². The molecule has 3 aromatic rings. The monoisotopic (exact) mass is 1140 g/mol. The first-order valence-corrected chi connectivity index (χ1v) is 22.4. The van der Waals surface area contributed by atoms with Crippen molar-refractivity contribution in [3.8, 4) is 0 Å². The molecule has 0 spiro atoms. The van der Waals surface area contributed by atoms with Crippen LogP contribution in [0.3, 0.4) is 0 Å². The van der Waals surface area contributed by atoms with Gasteiger partial charge in [-0.1, -0.05) is 0 Å². The van der Waals surface area contributed by atoms with Gasteiger partial charge in [0.05, 0.1) is 64.4 Å². The van der Waals surface area contributed by atoms with E-state index in [9.17, 15) is 90.7 Å². The number of aliphatic hydroxyl groups excluding tert-OH is 14. The number of carbonyl (C=O) groups excluding carboxylic acids is 4. The Balaban J connectivity index is 2.24. The fraction of sp³-hybridized carbons (Fsp3) is 0.463. The second kappa shape index (κ2) is 26.3. The molecule has 67 heavy (non-hydrogen) atoms. The van der Waals surface area contributed by atoms with E-state index in [2.05, 4.69) is 53.1 Å². The molecule has 17 N–H and O–H groups in total. The number of hydrogen-bond acceptors (Lipinski definition) is 19. The molecule has 26 heteroatoms. The van der Waals surface area contributed by atoms with Gasteiger partial charge in [-0.05, 0) is 96.3 Å². The summed E-state index contributed by atoms with van der Waals surface area (Å²) >= 11 is 9.79. The Morgan fingerprint density at radius 1 is 0.522 bits per heavy atom. The van der Waals surface area contributed by atoms with Gasteiger partial charge in [-0.15, -0.1) is 0 Å². The first-order valence-electron chi connectivity index (χ1n) is 20.0. The molecule has 10 unspecified atom stereocenters. The topological polar surface area (TPSA) is 399 Å². The zero-order valence-electron chi connectivity index (χ0n) is 35.5. The Morgan fingerprint density at radius 3 is 1.27 bits per heavy atom. The Labute approximate surface area is 407 Å². The number of aliphatic hydroxyl groups is 14. The first kappa shape index (κ1) is 57.5. The number of hydrogen-bond donors (Lipinski definition) is 16. The average Bonchev–Trinajstić information content (AvgIpc) is 3.32. The van der Waals surface area contributed by atoms with Crippen molar-refractivity contribution in [2.75, 3.05) is 75.6 Å². The minimum atomic E-state index is -2.22. The molecule has 0 radical (unpaired) electrons. The number of benzene rings is 3. The SMILES string of the molecule is CN(C(=O)c1ccc(N)cc1)c1ccc(C(=O)Nc2c(Br)c(C(=O)N(CC(O)CO)CC(O)C(O)C(O)C(O)CO)c(Br)c(C(=O)N(CC(O)CO)CC(O)C(O)C(O)C(O)CO)c2Br)cc1. The lowest BCUT2D eigenvalue weighted by Gasteiger charge is -2.33. The summed E-state index contributed by atoms with van der Waals surface area (Å²) in [4.78, 5) is 59.1. The Morgan fingerprint density at radius 2 is 0.896 bits per heavy atom. The van der Waals surface area contributed by atoms with Gasteiger partial charge < -0.3 is 97.2 Å². The lowest BCUT2D eigenvalue weighted by Crippen LogP contribution is -2.52. The molecule has 0 aromatic heterocycles. The maximum absolute atomic E-state index is 14.7. The molecule has 0 aliphatic carbocycles. The van der Waals surface area contributed by atoms with Crippen LogP contribution in [0, 0.1) is 0 Å². The smallest absolute Gasteiger partial charge is 0.258 e. The number of rotatable bonds is 24. The van der Waals surface area contributed by atoms with Crippen LogP contribution in [-0.2, 0) is 0 Å². The van der Waals surface area contributed by atoms with Crippen LogP contribution in [0.2, 0.25) is 0 Å². The number of nitrogens with two attached hydrogens (primary N) is 1. The van der Waals surface area contributed by atoms with Crippen molar-refractivity contribution in [2.24, 2.45) is 0 Å². The minimum absolute atomic E-state index is 0.0404. The van der Waals surface area contributed by atoms with Gasteiger partial charge in [-0.2, -0.15) is 0 Å². The average molecular weight is 1140 g/mol. The highest BCUT2D eigenvalue weighted by Crippen LogP contribution is 2.44. The van der Waals surface area contributed by atoms with Crippen LogP contribution >= 0.6 is 47.8 Å². The molecular formula is C41H54Br3N5O18. The second-order valence-electron chi connectivity index (χ2n) is 15.2. The van der Waals surface area contributed by atoms with Gasteiger partial charge in [-0.3, -0.25) is 19.2 Å². The Kier molecular flexibility index (Phi) is 22.6. The highest BCUT2D eigenvalue weighted by Gasteiger charge is 2.38. The summed E-state index contributed by atoms with van der Waals surface area (Å²) in [7, 11) is 1.49. The molecule has 0 heterocycles. The second-order valence-corrected chi connectivity index (χ2v) is 17.6. The van der Waals surface area contributed by atoms with Gasteiger partial charge in [0, 0.05) is 60.2 Å². The van der Waals surface area contributed by atoms with Crippen molar-refractivity contribution in [3.05, 3.63) is 84.2 Å². The number of amides is 4. The third-order valence-electron chi connectivity index (χ3n) is 10.3. The van der Waals surface area contributed by atoms with Crippen molar-refractivity contribution < 1.29 is 90.7 Å². The third kappa shape index (κ3) is 14.6. The fourth-order valence-electron chi connectivity index (χ4n) is 6.32. The van der Waals surface area contributed by atoms with Crippen LogP contribution in [0.4, 0.5) is 17.1 Å². The largest absolute Gasteiger partial charge is 0.399 e. The normalized spacial score (nSPS) is 16.1. The Bertz CT molecular complexity index is 2060. The molecule has 0 saturated carbocycles. The van der Waals surface area contributed by atoms with E-state index >= 15 is 0 Å². The van der Waals surface area contributed by atoms with Crippen LogP contribution < -0.4 is 16.0 Å². The third-order valence-corrected chi connectivity index (χ3v) is 12.7. The molecular weight excluding hydrogens is 1090 g/mol. The van der Waals surface area contributed by atoms with Gasteiger partial charge in [0.15, 0.2) is 0 Å². The molecule has 10 atom stereocenters. The van der Waals surface area contributed by atoms with Crippen LogP contribution in [0.1, 0.15) is 41.4 Å². The molecule has 0 aliphatic rings. The number of nitrogens with zero attached hydrogens (tertiary/aromatic N) is 3. The van der Waals surface area contributed by atoms with Crippen molar-refractivity contribution in [1.29, 1.82) is 0 Å². The van der Waals surface area contributed by atoms with Gasteiger partial charge in [-0.25, -0.2) is 0 Å². The maximum Gasteiger partial charge on any atom is 0.258 e. The highest BCUT2D eigenvalue weighted by atomic mass is 79.9. The minimum Gasteiger partial charge on any atom is -0.399 e.